The minimum absolute atomic E-state index is 0.0786. The molecule has 120 valence electrons. The Labute approximate surface area is 132 Å². The summed E-state index contributed by atoms with van der Waals surface area (Å²) < 4.78 is 11.1. The molecule has 0 saturated heterocycles. The Hall–Kier alpha value is -1.77. The Balaban J connectivity index is 2.13. The first-order valence-electron chi connectivity index (χ1n) is 7.96. The fraction of sp³-hybridized carbons (Fsp3) is 0.526. The van der Waals surface area contributed by atoms with Crippen molar-refractivity contribution in [3.63, 3.8) is 0 Å². The first-order chi connectivity index (χ1) is 10.3. The van der Waals surface area contributed by atoms with Gasteiger partial charge < -0.3 is 8.83 Å². The van der Waals surface area contributed by atoms with E-state index in [4.69, 9.17) is 8.83 Å². The van der Waals surface area contributed by atoms with E-state index in [1.165, 1.54) is 0 Å². The van der Waals surface area contributed by atoms with E-state index >= 15 is 0 Å². The van der Waals surface area contributed by atoms with Crippen LogP contribution in [0.15, 0.2) is 33.5 Å². The second kappa shape index (κ2) is 6.55. The number of furan rings is 2. The lowest BCUT2D eigenvalue weighted by atomic mass is 9.78. The van der Waals surface area contributed by atoms with Crippen LogP contribution in [0.3, 0.4) is 0 Å². The van der Waals surface area contributed by atoms with E-state index in [1.54, 1.807) is 12.5 Å². The Bertz CT molecular complexity index is 580. The van der Waals surface area contributed by atoms with Gasteiger partial charge in [-0.2, -0.15) is 0 Å². The SMILES string of the molecule is Cc1ccoc1C(C)C(C)C(=O)C(C)C(C)c1occc1C. The van der Waals surface area contributed by atoms with Crippen LogP contribution in [0.5, 0.6) is 0 Å². The van der Waals surface area contributed by atoms with Crippen molar-refractivity contribution in [3.05, 3.63) is 47.3 Å². The highest BCUT2D eigenvalue weighted by atomic mass is 16.3. The lowest BCUT2D eigenvalue weighted by molar-refractivity contribution is -0.127. The van der Waals surface area contributed by atoms with Crippen LogP contribution in [0.4, 0.5) is 0 Å². The van der Waals surface area contributed by atoms with Gasteiger partial charge in [0.2, 0.25) is 0 Å². The lowest BCUT2D eigenvalue weighted by Gasteiger charge is -2.24. The normalized spacial score (nSPS) is 17.0. The number of ketones is 1. The van der Waals surface area contributed by atoms with Gasteiger partial charge in [0.05, 0.1) is 12.5 Å². The number of carbonyl (C=O) groups excluding carboxylic acids is 1. The highest BCUT2D eigenvalue weighted by Crippen LogP contribution is 2.34. The van der Waals surface area contributed by atoms with E-state index in [9.17, 15) is 4.79 Å². The van der Waals surface area contributed by atoms with Crippen LogP contribution in [-0.4, -0.2) is 5.78 Å². The molecule has 0 radical (unpaired) electrons. The van der Waals surface area contributed by atoms with Crippen molar-refractivity contribution in [2.45, 2.75) is 53.4 Å². The number of rotatable bonds is 6. The molecule has 0 aliphatic heterocycles. The van der Waals surface area contributed by atoms with Crippen LogP contribution >= 0.6 is 0 Å². The molecule has 2 heterocycles. The summed E-state index contributed by atoms with van der Waals surface area (Å²) in [5.41, 5.74) is 2.21. The third kappa shape index (κ3) is 3.03. The monoisotopic (exact) mass is 302 g/mol. The van der Waals surface area contributed by atoms with Gasteiger partial charge in [0.1, 0.15) is 17.3 Å². The van der Waals surface area contributed by atoms with Gasteiger partial charge in [-0.3, -0.25) is 4.79 Å². The molecule has 0 aliphatic carbocycles. The molecule has 22 heavy (non-hydrogen) atoms. The molecule has 2 aromatic rings. The van der Waals surface area contributed by atoms with Crippen LogP contribution in [0.25, 0.3) is 0 Å². The largest absolute Gasteiger partial charge is 0.469 e. The number of carbonyl (C=O) groups is 1. The van der Waals surface area contributed by atoms with E-state index in [-0.39, 0.29) is 29.5 Å². The lowest BCUT2D eigenvalue weighted by Crippen LogP contribution is -2.27. The minimum atomic E-state index is -0.0856. The van der Waals surface area contributed by atoms with Crippen molar-refractivity contribution < 1.29 is 13.6 Å². The van der Waals surface area contributed by atoms with Crippen LogP contribution in [0.2, 0.25) is 0 Å². The molecular formula is C19H26O3. The maximum atomic E-state index is 12.9. The zero-order chi connectivity index (χ0) is 16.4. The summed E-state index contributed by atoms with van der Waals surface area (Å²) in [4.78, 5) is 12.9. The zero-order valence-corrected chi connectivity index (χ0v) is 14.3. The van der Waals surface area contributed by atoms with Crippen molar-refractivity contribution in [2.75, 3.05) is 0 Å². The molecule has 0 aromatic carbocycles. The summed E-state index contributed by atoms with van der Waals surface area (Å²) in [6, 6.07) is 3.89. The van der Waals surface area contributed by atoms with Gasteiger partial charge in [-0.05, 0) is 37.1 Å². The summed E-state index contributed by atoms with van der Waals surface area (Å²) in [6.07, 6.45) is 3.38. The Kier molecular flexibility index (Phi) is 4.94. The second-order valence-electron chi connectivity index (χ2n) is 6.49. The molecule has 0 N–H and O–H groups in total. The van der Waals surface area contributed by atoms with E-state index < -0.39 is 0 Å². The third-order valence-corrected chi connectivity index (χ3v) is 5.03. The van der Waals surface area contributed by atoms with Crippen molar-refractivity contribution in [1.29, 1.82) is 0 Å². The Morgan fingerprint density at radius 2 is 1.18 bits per heavy atom. The predicted octanol–water partition coefficient (Wildman–Crippen LogP) is 5.24. The quantitative estimate of drug-likeness (QED) is 0.733. The van der Waals surface area contributed by atoms with Gasteiger partial charge in [-0.15, -0.1) is 0 Å². The third-order valence-electron chi connectivity index (χ3n) is 5.03. The highest BCUT2D eigenvalue weighted by molar-refractivity contribution is 5.84. The summed E-state index contributed by atoms with van der Waals surface area (Å²) in [5, 5.41) is 0. The number of Topliss-reactive ketones (excluding diaryl/α,β-unsaturated/α-hetero) is 1. The standard InChI is InChI=1S/C19H26O3/c1-11-7-9-21-18(11)15(5)13(3)17(20)14(4)16(6)19-12(2)8-10-22-19/h7-10,13-16H,1-6H3. The molecule has 0 saturated carbocycles. The van der Waals surface area contributed by atoms with Crippen LogP contribution in [-0.2, 0) is 4.79 Å². The van der Waals surface area contributed by atoms with Gasteiger partial charge in [0, 0.05) is 23.7 Å². The average molecular weight is 302 g/mol. The van der Waals surface area contributed by atoms with Crippen molar-refractivity contribution in [2.24, 2.45) is 11.8 Å². The molecule has 3 nitrogen and oxygen atoms in total. The smallest absolute Gasteiger partial charge is 0.139 e. The summed E-state index contributed by atoms with van der Waals surface area (Å²) in [5.74, 6) is 2.07. The Morgan fingerprint density at radius 3 is 1.45 bits per heavy atom. The topological polar surface area (TPSA) is 43.4 Å². The second-order valence-corrected chi connectivity index (χ2v) is 6.49. The van der Waals surface area contributed by atoms with Crippen molar-refractivity contribution >= 4 is 5.78 Å². The van der Waals surface area contributed by atoms with Gasteiger partial charge in [0.25, 0.3) is 0 Å². The minimum Gasteiger partial charge on any atom is -0.469 e. The summed E-state index contributed by atoms with van der Waals surface area (Å²) in [6.45, 7) is 12.1. The van der Waals surface area contributed by atoms with Gasteiger partial charge in [0.15, 0.2) is 0 Å². The molecule has 0 spiro atoms. The molecule has 4 atom stereocenters. The first kappa shape index (κ1) is 16.6. The number of hydrogen-bond acceptors (Lipinski definition) is 3. The van der Waals surface area contributed by atoms with E-state index in [2.05, 4.69) is 13.8 Å². The molecule has 0 fully saturated rings. The molecule has 2 rings (SSSR count). The van der Waals surface area contributed by atoms with Crippen LogP contribution < -0.4 is 0 Å². The first-order valence-corrected chi connectivity index (χ1v) is 7.96. The maximum Gasteiger partial charge on any atom is 0.139 e. The molecule has 4 unspecified atom stereocenters. The van der Waals surface area contributed by atoms with E-state index in [0.29, 0.717) is 0 Å². The fourth-order valence-corrected chi connectivity index (χ4v) is 3.06. The molecule has 0 aliphatic rings. The molecule has 0 bridgehead atoms. The van der Waals surface area contributed by atoms with Gasteiger partial charge >= 0.3 is 0 Å². The highest BCUT2D eigenvalue weighted by Gasteiger charge is 2.32. The molecular weight excluding hydrogens is 276 g/mol. The van der Waals surface area contributed by atoms with Crippen molar-refractivity contribution in [1.82, 2.24) is 0 Å². The maximum absolute atomic E-state index is 12.9. The van der Waals surface area contributed by atoms with Gasteiger partial charge in [-0.25, -0.2) is 0 Å². The summed E-state index contributed by atoms with van der Waals surface area (Å²) >= 11 is 0. The molecule has 0 amide bonds. The van der Waals surface area contributed by atoms with E-state index in [1.807, 2.05) is 39.8 Å². The number of aryl methyl sites for hydroxylation is 2. The van der Waals surface area contributed by atoms with Crippen LogP contribution in [0.1, 0.15) is 62.2 Å². The zero-order valence-electron chi connectivity index (χ0n) is 14.3. The predicted molar refractivity (Wildman–Crippen MR) is 87.1 cm³/mol. The van der Waals surface area contributed by atoms with Crippen LogP contribution in [0, 0.1) is 25.7 Å². The summed E-state index contributed by atoms with van der Waals surface area (Å²) in [7, 11) is 0. The average Bonchev–Trinajstić information content (AvgIpc) is 3.11. The van der Waals surface area contributed by atoms with Gasteiger partial charge in [-0.1, -0.05) is 27.7 Å². The molecule has 2 aromatic heterocycles. The number of hydrogen-bond donors (Lipinski definition) is 0. The van der Waals surface area contributed by atoms with E-state index in [0.717, 1.165) is 22.6 Å². The molecule has 3 heteroatoms. The Morgan fingerprint density at radius 1 is 0.818 bits per heavy atom. The van der Waals surface area contributed by atoms with Crippen molar-refractivity contribution in [3.8, 4) is 0 Å². The fourth-order valence-electron chi connectivity index (χ4n) is 3.06.